The minimum Gasteiger partial charge on any atom is -0.495 e. The fraction of sp³-hybridized carbons (Fsp3) is 0.625. The van der Waals surface area contributed by atoms with E-state index in [1.807, 2.05) is 19.2 Å². The molecule has 1 unspecified atom stereocenters. The Kier molecular flexibility index (Phi) is 6.35. The van der Waals surface area contributed by atoms with Gasteiger partial charge in [0.25, 0.3) is 0 Å². The molecule has 0 aliphatic heterocycles. The molecule has 1 aliphatic carbocycles. The van der Waals surface area contributed by atoms with Gasteiger partial charge >= 0.3 is 0 Å². The van der Waals surface area contributed by atoms with E-state index in [-0.39, 0.29) is 6.04 Å². The number of benzene rings is 1. The number of hydrogen-bond donors (Lipinski definition) is 1. The van der Waals surface area contributed by atoms with Gasteiger partial charge in [0.1, 0.15) is 5.75 Å². The van der Waals surface area contributed by atoms with Crippen LogP contribution in [0.1, 0.15) is 37.8 Å². The molecule has 1 aromatic rings. The molecule has 1 aromatic carbocycles. The molecule has 1 aliphatic rings. The van der Waals surface area contributed by atoms with E-state index in [4.69, 9.17) is 21.1 Å². The van der Waals surface area contributed by atoms with E-state index in [1.54, 1.807) is 7.11 Å². The summed E-state index contributed by atoms with van der Waals surface area (Å²) >= 11 is 9.72. The van der Waals surface area contributed by atoms with Gasteiger partial charge < -0.3 is 14.8 Å². The van der Waals surface area contributed by atoms with E-state index in [0.717, 1.165) is 46.7 Å². The molecule has 21 heavy (non-hydrogen) atoms. The van der Waals surface area contributed by atoms with Crippen molar-refractivity contribution in [1.29, 1.82) is 0 Å². The molecule has 1 fully saturated rings. The Balaban J connectivity index is 2.08. The molecule has 3 nitrogen and oxygen atoms in total. The average Bonchev–Trinajstić information content (AvgIpc) is 2.40. The molecule has 2 rings (SSSR count). The minimum atomic E-state index is 0.238. The summed E-state index contributed by atoms with van der Waals surface area (Å²) in [5.74, 6) is 1.56. The van der Waals surface area contributed by atoms with E-state index >= 15 is 0 Å². The van der Waals surface area contributed by atoms with Crippen LogP contribution in [0.2, 0.25) is 5.02 Å². The zero-order chi connectivity index (χ0) is 15.4. The Morgan fingerprint density at radius 1 is 1.43 bits per heavy atom. The third-order valence-electron chi connectivity index (χ3n) is 4.13. The maximum absolute atomic E-state index is 6.20. The van der Waals surface area contributed by atoms with Gasteiger partial charge in [-0.05, 0) is 67.2 Å². The second kappa shape index (κ2) is 7.82. The van der Waals surface area contributed by atoms with Gasteiger partial charge in [0.05, 0.1) is 17.7 Å². The molecule has 118 valence electrons. The summed E-state index contributed by atoms with van der Waals surface area (Å²) in [6, 6.07) is 4.10. The van der Waals surface area contributed by atoms with Crippen LogP contribution >= 0.6 is 27.5 Å². The molecule has 0 heterocycles. The lowest BCUT2D eigenvalue weighted by atomic mass is 9.77. The second-order valence-corrected chi connectivity index (χ2v) is 6.79. The van der Waals surface area contributed by atoms with Gasteiger partial charge in [0.15, 0.2) is 0 Å². The van der Waals surface area contributed by atoms with Crippen molar-refractivity contribution in [3.63, 3.8) is 0 Å². The first-order valence-electron chi connectivity index (χ1n) is 7.40. The number of halogens is 2. The lowest BCUT2D eigenvalue weighted by Gasteiger charge is -2.37. The van der Waals surface area contributed by atoms with Crippen molar-refractivity contribution in [3.8, 4) is 5.75 Å². The van der Waals surface area contributed by atoms with Crippen molar-refractivity contribution in [1.82, 2.24) is 5.32 Å². The molecule has 0 spiro atoms. The van der Waals surface area contributed by atoms with Crippen LogP contribution in [-0.2, 0) is 4.74 Å². The smallest absolute Gasteiger partial charge is 0.137 e. The lowest BCUT2D eigenvalue weighted by Crippen LogP contribution is -2.34. The molecule has 1 atom stereocenters. The van der Waals surface area contributed by atoms with Gasteiger partial charge in [-0.3, -0.25) is 0 Å². The second-order valence-electron chi connectivity index (χ2n) is 5.50. The van der Waals surface area contributed by atoms with E-state index in [1.165, 1.54) is 0 Å². The fourth-order valence-corrected chi connectivity index (χ4v) is 4.02. The van der Waals surface area contributed by atoms with Crippen LogP contribution in [0.3, 0.4) is 0 Å². The van der Waals surface area contributed by atoms with Crippen LogP contribution in [0.4, 0.5) is 0 Å². The third kappa shape index (κ3) is 4.13. The van der Waals surface area contributed by atoms with E-state index < -0.39 is 0 Å². The first-order chi connectivity index (χ1) is 10.1. The Labute approximate surface area is 140 Å². The zero-order valence-corrected chi connectivity index (χ0v) is 15.1. The molecule has 5 heteroatoms. The van der Waals surface area contributed by atoms with Crippen molar-refractivity contribution in [2.45, 2.75) is 38.3 Å². The van der Waals surface area contributed by atoms with Crippen LogP contribution in [0.5, 0.6) is 5.75 Å². The largest absolute Gasteiger partial charge is 0.495 e. The van der Waals surface area contributed by atoms with Crippen LogP contribution in [-0.4, -0.2) is 26.9 Å². The summed E-state index contributed by atoms with van der Waals surface area (Å²) in [6.07, 6.45) is 3.82. The highest BCUT2D eigenvalue weighted by molar-refractivity contribution is 9.10. The average molecular weight is 377 g/mol. The molecule has 1 N–H and O–H groups in total. The van der Waals surface area contributed by atoms with E-state index in [2.05, 4.69) is 28.2 Å². The number of nitrogens with one attached hydrogen (secondary N) is 1. The maximum Gasteiger partial charge on any atom is 0.137 e. The Hall–Kier alpha value is -0.290. The van der Waals surface area contributed by atoms with E-state index in [9.17, 15) is 0 Å². The molecular weight excluding hydrogens is 354 g/mol. The van der Waals surface area contributed by atoms with Gasteiger partial charge in [-0.15, -0.1) is 0 Å². The summed E-state index contributed by atoms with van der Waals surface area (Å²) in [5.41, 5.74) is 1.11. The lowest BCUT2D eigenvalue weighted by molar-refractivity contribution is -0.0290. The van der Waals surface area contributed by atoms with Crippen molar-refractivity contribution in [2.24, 2.45) is 5.92 Å². The first kappa shape index (κ1) is 17.1. The maximum atomic E-state index is 6.20. The molecule has 1 saturated carbocycles. The Morgan fingerprint density at radius 3 is 2.71 bits per heavy atom. The minimum absolute atomic E-state index is 0.238. The summed E-state index contributed by atoms with van der Waals surface area (Å²) in [5, 5.41) is 4.11. The quantitative estimate of drug-likeness (QED) is 0.755. The monoisotopic (exact) mass is 375 g/mol. The number of rotatable bonds is 7. The van der Waals surface area contributed by atoms with Crippen molar-refractivity contribution < 1.29 is 9.47 Å². The van der Waals surface area contributed by atoms with Gasteiger partial charge in [0, 0.05) is 23.2 Å². The molecule has 0 aromatic heterocycles. The van der Waals surface area contributed by atoms with Gasteiger partial charge in [-0.2, -0.15) is 0 Å². The molecule has 0 bridgehead atoms. The van der Waals surface area contributed by atoms with Crippen molar-refractivity contribution in [2.75, 3.05) is 20.8 Å². The summed E-state index contributed by atoms with van der Waals surface area (Å²) < 4.78 is 12.1. The third-order valence-corrected chi connectivity index (χ3v) is 4.94. The SMILES string of the molecule is CCOC1CC(CC(NC)c2cc(Cl)cc(Br)c2OC)C1. The molecule has 0 radical (unpaired) electrons. The predicted octanol–water partition coefficient (Wildman–Crippen LogP) is 4.58. The normalized spacial score (nSPS) is 22.7. The summed E-state index contributed by atoms with van der Waals surface area (Å²) in [6.45, 7) is 2.86. The highest BCUT2D eigenvalue weighted by Crippen LogP contribution is 2.41. The summed E-state index contributed by atoms with van der Waals surface area (Å²) in [7, 11) is 3.68. The zero-order valence-electron chi connectivity index (χ0n) is 12.8. The fourth-order valence-electron chi connectivity index (χ4n) is 3.03. The highest BCUT2D eigenvalue weighted by atomic mass is 79.9. The Bertz CT molecular complexity index is 478. The highest BCUT2D eigenvalue weighted by Gasteiger charge is 2.32. The molecule has 0 saturated heterocycles. The number of ether oxygens (including phenoxy) is 2. The first-order valence-corrected chi connectivity index (χ1v) is 8.57. The van der Waals surface area contributed by atoms with Crippen LogP contribution in [0, 0.1) is 5.92 Å². The van der Waals surface area contributed by atoms with Gasteiger partial charge in [-0.25, -0.2) is 0 Å². The van der Waals surface area contributed by atoms with Crippen molar-refractivity contribution in [3.05, 3.63) is 27.2 Å². The van der Waals surface area contributed by atoms with Gasteiger partial charge in [0.2, 0.25) is 0 Å². The molecular formula is C16H23BrClNO2. The topological polar surface area (TPSA) is 30.5 Å². The Morgan fingerprint density at radius 2 is 2.14 bits per heavy atom. The van der Waals surface area contributed by atoms with E-state index in [0.29, 0.717) is 12.0 Å². The van der Waals surface area contributed by atoms with Crippen LogP contribution in [0.25, 0.3) is 0 Å². The predicted molar refractivity (Wildman–Crippen MR) is 90.3 cm³/mol. The van der Waals surface area contributed by atoms with Gasteiger partial charge in [-0.1, -0.05) is 11.6 Å². The van der Waals surface area contributed by atoms with Crippen LogP contribution in [0.15, 0.2) is 16.6 Å². The molecule has 0 amide bonds. The standard InChI is InChI=1S/C16H23BrClNO2/c1-4-21-12-5-10(6-12)7-15(19-2)13-8-11(18)9-14(17)16(13)20-3/h8-10,12,15,19H,4-7H2,1-3H3. The van der Waals surface area contributed by atoms with Crippen molar-refractivity contribution >= 4 is 27.5 Å². The summed E-state index contributed by atoms with van der Waals surface area (Å²) in [4.78, 5) is 0. The number of hydrogen-bond acceptors (Lipinski definition) is 3. The van der Waals surface area contributed by atoms with Crippen LogP contribution < -0.4 is 10.1 Å². The number of methoxy groups -OCH3 is 1.